The highest BCUT2D eigenvalue weighted by molar-refractivity contribution is 7.91. The smallest absolute Gasteiger partial charge is 0.259 e. The third-order valence-electron chi connectivity index (χ3n) is 7.24. The van der Waals surface area contributed by atoms with E-state index in [-0.39, 0.29) is 11.8 Å². The summed E-state index contributed by atoms with van der Waals surface area (Å²) in [6, 6.07) is 9.00. The van der Waals surface area contributed by atoms with Crippen molar-refractivity contribution in [3.8, 4) is 11.6 Å². The number of likely N-dealkylation sites (N-methyl/N-ethyl adjacent to an activating group) is 1. The predicted octanol–water partition coefficient (Wildman–Crippen LogP) is 1.33. The zero-order valence-electron chi connectivity index (χ0n) is 21.7. The molecule has 39 heavy (non-hydrogen) atoms. The van der Waals surface area contributed by atoms with E-state index in [0.29, 0.717) is 60.1 Å². The van der Waals surface area contributed by atoms with Gasteiger partial charge >= 0.3 is 0 Å². The summed E-state index contributed by atoms with van der Waals surface area (Å²) in [5.74, 6) is 3.03. The number of nitrogens with zero attached hydrogens (tertiary/aromatic N) is 9. The minimum atomic E-state index is -0.752. The van der Waals surface area contributed by atoms with Gasteiger partial charge in [-0.2, -0.15) is 19.5 Å². The first kappa shape index (κ1) is 25.6. The molecule has 2 fully saturated rings. The number of hydrogen-bond acceptors (Lipinski definition) is 11. The van der Waals surface area contributed by atoms with Gasteiger partial charge in [-0.15, -0.1) is 5.10 Å². The van der Waals surface area contributed by atoms with Gasteiger partial charge in [0.05, 0.1) is 25.0 Å². The number of furan rings is 1. The van der Waals surface area contributed by atoms with Crippen LogP contribution in [-0.2, 0) is 11.2 Å². The van der Waals surface area contributed by atoms with Crippen molar-refractivity contribution in [1.82, 2.24) is 29.5 Å². The molecule has 0 aliphatic carbocycles. The summed E-state index contributed by atoms with van der Waals surface area (Å²) in [5.41, 5.74) is 7.63. The molecule has 14 heteroatoms. The summed E-state index contributed by atoms with van der Waals surface area (Å²) < 4.78 is 33.4. The Morgan fingerprint density at radius 3 is 2.56 bits per heavy atom. The average molecular weight is 555 g/mol. The van der Waals surface area contributed by atoms with Crippen LogP contribution in [0.3, 0.4) is 0 Å². The Kier molecular flexibility index (Phi) is 7.14. The predicted molar refractivity (Wildman–Crippen MR) is 149 cm³/mol. The number of nitrogen functional groups attached to an aromatic ring is 1. The highest BCUT2D eigenvalue weighted by Crippen LogP contribution is 2.27. The van der Waals surface area contributed by atoms with Crippen molar-refractivity contribution in [2.24, 2.45) is 0 Å². The average Bonchev–Trinajstić information content (AvgIpc) is 3.63. The van der Waals surface area contributed by atoms with Gasteiger partial charge in [-0.3, -0.25) is 4.90 Å². The van der Waals surface area contributed by atoms with Crippen molar-refractivity contribution in [2.75, 3.05) is 91.3 Å². The molecule has 12 nitrogen and oxygen atoms in total. The fourth-order valence-electron chi connectivity index (χ4n) is 4.92. The number of aromatic nitrogens is 5. The summed E-state index contributed by atoms with van der Waals surface area (Å²) in [4.78, 5) is 21.9. The Balaban J connectivity index is 1.03. The summed E-state index contributed by atoms with van der Waals surface area (Å²) in [5, 5.41) is 4.33. The number of nitrogens with two attached hydrogens (primary N) is 1. The second-order valence-corrected chi connectivity index (χ2v) is 11.4. The normalized spacial score (nSPS) is 17.3. The van der Waals surface area contributed by atoms with Gasteiger partial charge in [0, 0.05) is 52.0 Å². The molecule has 2 aliphatic rings. The summed E-state index contributed by atoms with van der Waals surface area (Å²) in [7, 11) is 1.92. The molecule has 4 aromatic rings. The van der Waals surface area contributed by atoms with Gasteiger partial charge in [0.15, 0.2) is 5.76 Å². The Morgan fingerprint density at radius 2 is 1.85 bits per heavy atom. The molecule has 0 spiro atoms. The van der Waals surface area contributed by atoms with Crippen LogP contribution in [0.5, 0.6) is 0 Å². The maximum atomic E-state index is 15.0. The van der Waals surface area contributed by atoms with Crippen LogP contribution in [0.2, 0.25) is 0 Å². The number of halogens is 1. The maximum Gasteiger partial charge on any atom is 0.259 e. The van der Waals surface area contributed by atoms with Crippen LogP contribution in [0.4, 0.5) is 27.7 Å². The number of rotatable bonds is 7. The molecule has 6 rings (SSSR count). The Labute approximate surface area is 228 Å². The molecule has 206 valence electrons. The largest absolute Gasteiger partial charge is 0.616 e. The van der Waals surface area contributed by atoms with Crippen molar-refractivity contribution in [1.29, 1.82) is 0 Å². The molecule has 0 atom stereocenters. The summed E-state index contributed by atoms with van der Waals surface area (Å²) >= 11 is -0.752. The molecular formula is C25H31FN10O2S. The van der Waals surface area contributed by atoms with Crippen molar-refractivity contribution in [2.45, 2.75) is 0 Å². The highest BCUT2D eigenvalue weighted by atomic mass is 32.2. The molecule has 0 unspecified atom stereocenters. The van der Waals surface area contributed by atoms with E-state index in [0.717, 1.165) is 38.4 Å². The third-order valence-corrected chi connectivity index (χ3v) is 8.52. The second-order valence-electron chi connectivity index (χ2n) is 9.73. The van der Waals surface area contributed by atoms with Crippen molar-refractivity contribution in [3.63, 3.8) is 0 Å². The minimum absolute atomic E-state index is 0.198. The van der Waals surface area contributed by atoms with Crippen LogP contribution >= 0.6 is 0 Å². The van der Waals surface area contributed by atoms with Gasteiger partial charge < -0.3 is 29.4 Å². The lowest BCUT2D eigenvalue weighted by Gasteiger charge is -2.37. The highest BCUT2D eigenvalue weighted by Gasteiger charge is 2.23. The molecule has 0 radical (unpaired) electrons. The summed E-state index contributed by atoms with van der Waals surface area (Å²) in [6.07, 6.45) is 1.56. The number of hydrogen-bond donors (Lipinski definition) is 1. The zero-order chi connectivity index (χ0) is 26.9. The molecule has 0 bridgehead atoms. The van der Waals surface area contributed by atoms with Crippen molar-refractivity contribution in [3.05, 3.63) is 42.4 Å². The minimum Gasteiger partial charge on any atom is -0.616 e. The first-order valence-corrected chi connectivity index (χ1v) is 14.5. The van der Waals surface area contributed by atoms with Gasteiger partial charge in [-0.05, 0) is 30.3 Å². The number of piperazine rings is 1. The van der Waals surface area contributed by atoms with Crippen LogP contribution < -0.4 is 20.4 Å². The van der Waals surface area contributed by atoms with Crippen LogP contribution in [-0.4, -0.2) is 105 Å². The first-order chi connectivity index (χ1) is 18.9. The van der Waals surface area contributed by atoms with Gasteiger partial charge in [-0.25, -0.2) is 4.39 Å². The van der Waals surface area contributed by atoms with E-state index in [1.807, 2.05) is 24.1 Å². The fraction of sp³-hybridized carbons (Fsp3) is 0.440. The van der Waals surface area contributed by atoms with Gasteiger partial charge in [0.1, 0.15) is 17.3 Å². The van der Waals surface area contributed by atoms with E-state index in [2.05, 4.69) is 34.8 Å². The number of anilines is 4. The Bertz CT molecular complexity index is 1420. The van der Waals surface area contributed by atoms with E-state index in [1.165, 1.54) is 4.52 Å². The van der Waals surface area contributed by atoms with Crippen molar-refractivity contribution >= 4 is 40.2 Å². The molecule has 0 amide bonds. The monoisotopic (exact) mass is 554 g/mol. The van der Waals surface area contributed by atoms with Gasteiger partial charge in [-0.1, -0.05) is 11.2 Å². The first-order valence-electron chi connectivity index (χ1n) is 13.0. The molecule has 3 aromatic heterocycles. The van der Waals surface area contributed by atoms with E-state index >= 15 is 4.39 Å². The molecule has 1 aromatic carbocycles. The zero-order valence-corrected chi connectivity index (χ0v) is 22.6. The lowest BCUT2D eigenvalue weighted by atomic mass is 10.2. The van der Waals surface area contributed by atoms with E-state index in [9.17, 15) is 4.55 Å². The standard InChI is InChI=1S/C25H31FN10O2S/c1-32(24-29-23(27)36-25(30-24)28-22(31-36)21-3-2-14-38-21)6-7-33-8-10-35(11-9-33)20-5-4-18(17-19(20)26)34-12-15-39(37)16-13-34/h2-5,14,17H,6-13,15-16H2,1H3,(H2,27,28,29,30,31). The SMILES string of the molecule is CN(CCN1CCN(c2ccc(N3CC[S+]([O-])CC3)cc2F)CC1)c1nc(N)n2nc(-c3ccco3)nc2n1. The molecule has 2 N–H and O–H groups in total. The van der Waals surface area contributed by atoms with E-state index in [1.54, 1.807) is 24.5 Å². The van der Waals surface area contributed by atoms with Crippen LogP contribution in [0.25, 0.3) is 17.4 Å². The quantitative estimate of drug-likeness (QED) is 0.332. The second kappa shape index (κ2) is 10.9. The number of fused-ring (bicyclic) bond motifs is 1. The van der Waals surface area contributed by atoms with E-state index in [4.69, 9.17) is 10.2 Å². The fourth-order valence-corrected chi connectivity index (χ4v) is 5.98. The number of benzene rings is 1. The topological polar surface area (TPSA) is 131 Å². The lowest BCUT2D eigenvalue weighted by Crippen LogP contribution is -2.48. The lowest BCUT2D eigenvalue weighted by molar-refractivity contribution is 0.263. The molecule has 2 saturated heterocycles. The summed E-state index contributed by atoms with van der Waals surface area (Å²) in [6.45, 7) is 6.04. The van der Waals surface area contributed by atoms with E-state index < -0.39 is 11.2 Å². The van der Waals surface area contributed by atoms with Gasteiger partial charge in [0.25, 0.3) is 5.78 Å². The molecule has 2 aliphatic heterocycles. The van der Waals surface area contributed by atoms with Crippen LogP contribution in [0.1, 0.15) is 0 Å². The Hall–Kier alpha value is -3.62. The van der Waals surface area contributed by atoms with Crippen LogP contribution in [0.15, 0.2) is 41.0 Å². The van der Waals surface area contributed by atoms with Crippen LogP contribution in [0, 0.1) is 5.82 Å². The van der Waals surface area contributed by atoms with Crippen molar-refractivity contribution < 1.29 is 13.4 Å². The third kappa shape index (κ3) is 5.44. The maximum absolute atomic E-state index is 15.0. The Morgan fingerprint density at radius 1 is 1.05 bits per heavy atom. The molecular weight excluding hydrogens is 523 g/mol. The van der Waals surface area contributed by atoms with Gasteiger partial charge in [0.2, 0.25) is 17.7 Å². The molecule has 5 heterocycles. The molecule has 0 saturated carbocycles.